The summed E-state index contributed by atoms with van der Waals surface area (Å²) in [5.74, 6) is 1.51. The van der Waals surface area contributed by atoms with E-state index in [1.54, 1.807) is 12.3 Å². The van der Waals surface area contributed by atoms with Crippen LogP contribution in [0.5, 0.6) is 11.5 Å². The van der Waals surface area contributed by atoms with Gasteiger partial charge in [0.2, 0.25) is 6.79 Å². The van der Waals surface area contributed by atoms with E-state index in [9.17, 15) is 0 Å². The lowest BCUT2D eigenvalue weighted by atomic mass is 10.2. The van der Waals surface area contributed by atoms with Gasteiger partial charge in [-0.15, -0.1) is 0 Å². The summed E-state index contributed by atoms with van der Waals surface area (Å²) < 4.78 is 10.6. The molecule has 0 saturated heterocycles. The molecule has 5 nitrogen and oxygen atoms in total. The Bertz CT molecular complexity index is 649. The summed E-state index contributed by atoms with van der Waals surface area (Å²) in [5, 5.41) is 12.1. The monoisotopic (exact) mass is 253 g/mol. The molecule has 0 aliphatic carbocycles. The first-order valence-corrected chi connectivity index (χ1v) is 5.84. The molecular formula is C14H11N3O2. The Kier molecular flexibility index (Phi) is 2.91. The molecule has 2 aromatic rings. The highest BCUT2D eigenvalue weighted by Crippen LogP contribution is 2.34. The van der Waals surface area contributed by atoms with Crippen LogP contribution in [0.3, 0.4) is 0 Å². The van der Waals surface area contributed by atoms with Crippen molar-refractivity contribution < 1.29 is 9.47 Å². The van der Waals surface area contributed by atoms with Gasteiger partial charge in [-0.2, -0.15) is 5.26 Å². The van der Waals surface area contributed by atoms with Crippen LogP contribution >= 0.6 is 0 Å². The summed E-state index contributed by atoms with van der Waals surface area (Å²) in [6, 6.07) is 11.4. The van der Waals surface area contributed by atoms with Crippen LogP contribution in [0, 0.1) is 11.3 Å². The van der Waals surface area contributed by atoms with Crippen molar-refractivity contribution in [2.75, 3.05) is 12.1 Å². The van der Waals surface area contributed by atoms with Crippen LogP contribution in [0.1, 0.15) is 11.3 Å². The molecule has 1 aliphatic rings. The predicted molar refractivity (Wildman–Crippen MR) is 68.8 cm³/mol. The molecule has 0 bridgehead atoms. The van der Waals surface area contributed by atoms with Crippen LogP contribution in [0.15, 0.2) is 36.5 Å². The Morgan fingerprint density at radius 2 is 2.11 bits per heavy atom. The maximum absolute atomic E-state index is 8.79. The van der Waals surface area contributed by atoms with Gasteiger partial charge in [0, 0.05) is 24.5 Å². The molecular weight excluding hydrogens is 242 g/mol. The second-order valence-corrected chi connectivity index (χ2v) is 4.08. The van der Waals surface area contributed by atoms with Crippen LogP contribution in [0.25, 0.3) is 0 Å². The van der Waals surface area contributed by atoms with E-state index in [4.69, 9.17) is 14.7 Å². The van der Waals surface area contributed by atoms with Gasteiger partial charge >= 0.3 is 0 Å². The molecule has 0 atom stereocenters. The molecule has 0 unspecified atom stereocenters. The highest BCUT2D eigenvalue weighted by molar-refractivity contribution is 5.55. The van der Waals surface area contributed by atoms with E-state index in [0.29, 0.717) is 12.2 Å². The van der Waals surface area contributed by atoms with Crippen molar-refractivity contribution in [1.29, 1.82) is 5.26 Å². The van der Waals surface area contributed by atoms with Crippen LogP contribution in [-0.2, 0) is 6.54 Å². The standard InChI is InChI=1S/C14H11N3O2/c15-7-12-5-10(3-4-16-12)8-17-11-1-2-13-14(6-11)19-9-18-13/h1-6,17H,8-9H2. The fourth-order valence-corrected chi connectivity index (χ4v) is 1.86. The van der Waals surface area contributed by atoms with Crippen molar-refractivity contribution in [3.63, 3.8) is 0 Å². The number of aromatic nitrogens is 1. The first kappa shape index (κ1) is 11.4. The third-order valence-electron chi connectivity index (χ3n) is 2.81. The molecule has 0 radical (unpaired) electrons. The van der Waals surface area contributed by atoms with E-state index in [1.165, 1.54) is 0 Å². The maximum Gasteiger partial charge on any atom is 0.231 e. The summed E-state index contributed by atoms with van der Waals surface area (Å²) in [6.45, 7) is 0.894. The topological polar surface area (TPSA) is 67.2 Å². The van der Waals surface area contributed by atoms with Crippen molar-refractivity contribution in [2.24, 2.45) is 0 Å². The van der Waals surface area contributed by atoms with E-state index in [1.807, 2.05) is 30.3 Å². The summed E-state index contributed by atoms with van der Waals surface area (Å²) in [6.07, 6.45) is 1.63. The predicted octanol–water partition coefficient (Wildman–Crippen LogP) is 2.29. The number of fused-ring (bicyclic) bond motifs is 1. The fraction of sp³-hybridized carbons (Fsp3) is 0.143. The van der Waals surface area contributed by atoms with Crippen LogP contribution in [0.2, 0.25) is 0 Å². The SMILES string of the molecule is N#Cc1cc(CNc2ccc3c(c2)OCO3)ccn1. The van der Waals surface area contributed by atoms with Crippen molar-refractivity contribution >= 4 is 5.69 Å². The third kappa shape index (κ3) is 2.43. The van der Waals surface area contributed by atoms with Gasteiger partial charge in [-0.05, 0) is 29.8 Å². The third-order valence-corrected chi connectivity index (χ3v) is 2.81. The maximum atomic E-state index is 8.79. The summed E-state index contributed by atoms with van der Waals surface area (Å²) in [7, 11) is 0. The minimum atomic E-state index is 0.272. The zero-order valence-electron chi connectivity index (χ0n) is 10.1. The number of benzene rings is 1. The molecule has 0 spiro atoms. The normalized spacial score (nSPS) is 11.9. The van der Waals surface area contributed by atoms with Gasteiger partial charge in [-0.3, -0.25) is 0 Å². The number of nitrogens with one attached hydrogen (secondary N) is 1. The van der Waals surface area contributed by atoms with Gasteiger partial charge in [-0.1, -0.05) is 0 Å². The fourth-order valence-electron chi connectivity index (χ4n) is 1.86. The second kappa shape index (κ2) is 4.86. The second-order valence-electron chi connectivity index (χ2n) is 4.08. The zero-order chi connectivity index (χ0) is 13.1. The van der Waals surface area contributed by atoms with Gasteiger partial charge in [0.25, 0.3) is 0 Å². The minimum absolute atomic E-state index is 0.272. The lowest BCUT2D eigenvalue weighted by Gasteiger charge is -2.07. The van der Waals surface area contributed by atoms with Gasteiger partial charge in [-0.25, -0.2) is 4.98 Å². The van der Waals surface area contributed by atoms with Gasteiger partial charge in [0.1, 0.15) is 11.8 Å². The molecule has 3 rings (SSSR count). The number of nitriles is 1. The number of hydrogen-bond donors (Lipinski definition) is 1. The Morgan fingerprint density at radius 1 is 1.21 bits per heavy atom. The lowest BCUT2D eigenvalue weighted by molar-refractivity contribution is 0.174. The van der Waals surface area contributed by atoms with E-state index >= 15 is 0 Å². The average Bonchev–Trinajstić information content (AvgIpc) is 2.93. The molecule has 2 heterocycles. The smallest absolute Gasteiger partial charge is 0.231 e. The van der Waals surface area contributed by atoms with E-state index in [-0.39, 0.29) is 6.79 Å². The van der Waals surface area contributed by atoms with Gasteiger partial charge < -0.3 is 14.8 Å². The first-order valence-electron chi connectivity index (χ1n) is 5.84. The average molecular weight is 253 g/mol. The zero-order valence-corrected chi connectivity index (χ0v) is 10.1. The molecule has 5 heteroatoms. The molecule has 0 saturated carbocycles. The minimum Gasteiger partial charge on any atom is -0.454 e. The quantitative estimate of drug-likeness (QED) is 0.909. The summed E-state index contributed by atoms with van der Waals surface area (Å²) in [4.78, 5) is 3.93. The molecule has 1 N–H and O–H groups in total. The molecule has 0 fully saturated rings. The van der Waals surface area contributed by atoms with Crippen LogP contribution in [0.4, 0.5) is 5.69 Å². The number of ether oxygens (including phenoxy) is 2. The van der Waals surface area contributed by atoms with E-state index in [0.717, 1.165) is 22.7 Å². The molecule has 1 aliphatic heterocycles. The summed E-state index contributed by atoms with van der Waals surface area (Å²) >= 11 is 0. The first-order chi connectivity index (χ1) is 9.35. The molecule has 1 aromatic carbocycles. The largest absolute Gasteiger partial charge is 0.454 e. The Morgan fingerprint density at radius 3 is 3.00 bits per heavy atom. The van der Waals surface area contributed by atoms with Gasteiger partial charge in [0.15, 0.2) is 11.5 Å². The van der Waals surface area contributed by atoms with Gasteiger partial charge in [0.05, 0.1) is 0 Å². The van der Waals surface area contributed by atoms with Crippen molar-refractivity contribution in [2.45, 2.75) is 6.54 Å². The van der Waals surface area contributed by atoms with Crippen molar-refractivity contribution in [3.8, 4) is 17.6 Å². The van der Waals surface area contributed by atoms with E-state index < -0.39 is 0 Å². The number of nitrogens with zero attached hydrogens (tertiary/aromatic N) is 2. The Hall–Kier alpha value is -2.74. The van der Waals surface area contributed by atoms with Crippen molar-refractivity contribution in [1.82, 2.24) is 4.98 Å². The number of pyridine rings is 1. The number of hydrogen-bond acceptors (Lipinski definition) is 5. The Labute approximate surface area is 110 Å². The highest BCUT2D eigenvalue weighted by atomic mass is 16.7. The molecule has 0 amide bonds. The lowest BCUT2D eigenvalue weighted by Crippen LogP contribution is -2.00. The number of rotatable bonds is 3. The number of anilines is 1. The van der Waals surface area contributed by atoms with Crippen molar-refractivity contribution in [3.05, 3.63) is 47.8 Å². The molecule has 1 aromatic heterocycles. The molecule has 94 valence electrons. The van der Waals surface area contributed by atoms with Crippen LogP contribution in [-0.4, -0.2) is 11.8 Å². The van der Waals surface area contributed by atoms with E-state index in [2.05, 4.69) is 10.3 Å². The molecule has 19 heavy (non-hydrogen) atoms. The highest BCUT2D eigenvalue weighted by Gasteiger charge is 2.12. The van der Waals surface area contributed by atoms with Crippen LogP contribution < -0.4 is 14.8 Å². The Balaban J connectivity index is 1.70. The summed E-state index contributed by atoms with van der Waals surface area (Å²) in [5.41, 5.74) is 2.37.